The minimum atomic E-state index is -3.37. The van der Waals surface area contributed by atoms with Gasteiger partial charge in [0.15, 0.2) is 9.84 Å². The summed E-state index contributed by atoms with van der Waals surface area (Å²) in [6.07, 6.45) is 1.42. The number of nitrogens with one attached hydrogen (secondary N) is 2. The van der Waals surface area contributed by atoms with Crippen molar-refractivity contribution >= 4 is 50.8 Å². The molecule has 13 heteroatoms. The Bertz CT molecular complexity index is 1960. The molecule has 0 saturated carbocycles. The average Bonchev–Trinajstić information content (AvgIpc) is 3.01. The van der Waals surface area contributed by atoms with E-state index in [1.807, 2.05) is 13.8 Å². The number of aromatic nitrogens is 2. The summed E-state index contributed by atoms with van der Waals surface area (Å²) in [6, 6.07) is 17.0. The third-order valence-corrected chi connectivity index (χ3v) is 9.68. The van der Waals surface area contributed by atoms with Crippen molar-refractivity contribution in [3.63, 3.8) is 0 Å². The standard InChI is InChI=1S/C32H31Cl2N5O5S/c1-18-15-25-28(17-38(18)30(41)22-9-14-26(33)27(34)16-22)37-32(36-19(2)20-7-12-24(13-8-20)45(4,43)44)39(31(25)42)23-10-5-21(6-11-23)29(40)35-3/h5-14,16,18-19H,15,17H2,1-4H3,(H,35,40)(H,36,37)/t18-,19+/m1/s1. The Morgan fingerprint density at radius 3 is 2.22 bits per heavy atom. The van der Waals surface area contributed by atoms with E-state index >= 15 is 0 Å². The van der Waals surface area contributed by atoms with Gasteiger partial charge in [0.05, 0.1) is 38.9 Å². The zero-order valence-electron chi connectivity index (χ0n) is 25.0. The Morgan fingerprint density at radius 2 is 1.62 bits per heavy atom. The molecule has 10 nitrogen and oxygen atoms in total. The highest BCUT2D eigenvalue weighted by atomic mass is 35.5. The number of fused-ring (bicyclic) bond motifs is 1. The number of benzene rings is 3. The molecule has 1 aliphatic rings. The number of carbonyl (C=O) groups excluding carboxylic acids is 2. The minimum Gasteiger partial charge on any atom is -0.355 e. The molecule has 3 aromatic carbocycles. The zero-order chi connectivity index (χ0) is 32.6. The van der Waals surface area contributed by atoms with Gasteiger partial charge in [-0.15, -0.1) is 0 Å². The van der Waals surface area contributed by atoms with Crippen LogP contribution in [0.1, 0.15) is 57.4 Å². The van der Waals surface area contributed by atoms with Crippen LogP contribution in [0.4, 0.5) is 5.95 Å². The number of hydrogen-bond donors (Lipinski definition) is 2. The Kier molecular flexibility index (Phi) is 9.06. The third-order valence-electron chi connectivity index (χ3n) is 7.81. The van der Waals surface area contributed by atoms with Crippen LogP contribution >= 0.6 is 23.2 Å². The monoisotopic (exact) mass is 667 g/mol. The topological polar surface area (TPSA) is 130 Å². The van der Waals surface area contributed by atoms with Gasteiger partial charge in [-0.05, 0) is 80.4 Å². The highest BCUT2D eigenvalue weighted by Gasteiger charge is 2.32. The number of hydrogen-bond acceptors (Lipinski definition) is 7. The highest BCUT2D eigenvalue weighted by molar-refractivity contribution is 7.90. The van der Waals surface area contributed by atoms with E-state index in [9.17, 15) is 22.8 Å². The molecule has 1 aromatic heterocycles. The number of amides is 2. The van der Waals surface area contributed by atoms with E-state index in [0.717, 1.165) is 11.8 Å². The molecule has 2 heterocycles. The number of sulfone groups is 1. The van der Waals surface area contributed by atoms with Crippen LogP contribution in [0.2, 0.25) is 10.0 Å². The summed E-state index contributed by atoms with van der Waals surface area (Å²) in [5, 5.41) is 6.50. The van der Waals surface area contributed by atoms with E-state index in [0.29, 0.717) is 33.1 Å². The summed E-state index contributed by atoms with van der Waals surface area (Å²) in [5.41, 5.74) is 2.68. The third kappa shape index (κ3) is 6.61. The van der Waals surface area contributed by atoms with Gasteiger partial charge in [0.25, 0.3) is 17.4 Å². The molecule has 0 saturated heterocycles. The summed E-state index contributed by atoms with van der Waals surface area (Å²) in [4.78, 5) is 46.6. The van der Waals surface area contributed by atoms with Crippen LogP contribution < -0.4 is 16.2 Å². The van der Waals surface area contributed by atoms with E-state index in [-0.39, 0.29) is 52.2 Å². The summed E-state index contributed by atoms with van der Waals surface area (Å²) < 4.78 is 25.4. The summed E-state index contributed by atoms with van der Waals surface area (Å²) in [7, 11) is -1.83. The van der Waals surface area contributed by atoms with Crippen LogP contribution in [0.25, 0.3) is 5.69 Å². The molecule has 0 radical (unpaired) electrons. The van der Waals surface area contributed by atoms with Gasteiger partial charge in [-0.1, -0.05) is 35.3 Å². The van der Waals surface area contributed by atoms with Crippen molar-refractivity contribution < 1.29 is 18.0 Å². The molecule has 2 atom stereocenters. The lowest BCUT2D eigenvalue weighted by molar-refractivity contribution is 0.0653. The molecular formula is C32H31Cl2N5O5S. The predicted octanol–water partition coefficient (Wildman–Crippen LogP) is 5.06. The molecule has 0 fully saturated rings. The molecule has 45 heavy (non-hydrogen) atoms. The fraction of sp³-hybridized carbons (Fsp3) is 0.250. The molecule has 0 bridgehead atoms. The maximum atomic E-state index is 14.2. The number of nitrogens with zero attached hydrogens (tertiary/aromatic N) is 3. The first-order valence-corrected chi connectivity index (χ1v) is 16.7. The van der Waals surface area contributed by atoms with Gasteiger partial charge in [-0.25, -0.2) is 18.0 Å². The zero-order valence-corrected chi connectivity index (χ0v) is 27.3. The Hall–Kier alpha value is -4.19. The minimum absolute atomic E-state index is 0.0907. The molecule has 234 valence electrons. The second-order valence-electron chi connectivity index (χ2n) is 10.9. The predicted molar refractivity (Wildman–Crippen MR) is 174 cm³/mol. The van der Waals surface area contributed by atoms with Gasteiger partial charge in [0.1, 0.15) is 0 Å². The number of halogens is 2. The first-order valence-electron chi connectivity index (χ1n) is 14.1. The highest BCUT2D eigenvalue weighted by Crippen LogP contribution is 2.29. The van der Waals surface area contributed by atoms with Crippen molar-refractivity contribution in [2.24, 2.45) is 0 Å². The normalized spacial score (nSPS) is 15.2. The quantitative estimate of drug-likeness (QED) is 0.282. The SMILES string of the molecule is CNC(=O)c1ccc(-n2c(N[C@@H](C)c3ccc(S(C)(=O)=O)cc3)nc3c(c2=O)C[C@@H](C)N(C(=O)c2ccc(Cl)c(Cl)c2)C3)cc1. The summed E-state index contributed by atoms with van der Waals surface area (Å²) in [5.74, 6) is -0.304. The van der Waals surface area contributed by atoms with Crippen LogP contribution in [0.3, 0.4) is 0 Å². The molecule has 5 rings (SSSR count). The van der Waals surface area contributed by atoms with E-state index < -0.39 is 15.9 Å². The largest absolute Gasteiger partial charge is 0.355 e. The lowest BCUT2D eigenvalue weighted by Gasteiger charge is -2.35. The van der Waals surface area contributed by atoms with Crippen molar-refractivity contribution in [3.05, 3.63) is 115 Å². The number of anilines is 1. The Balaban J connectivity index is 1.57. The Morgan fingerprint density at radius 1 is 0.978 bits per heavy atom. The molecule has 1 aliphatic heterocycles. The fourth-order valence-corrected chi connectivity index (χ4v) is 6.18. The van der Waals surface area contributed by atoms with Gasteiger partial charge in [0, 0.05) is 36.0 Å². The van der Waals surface area contributed by atoms with Crippen LogP contribution in [-0.4, -0.2) is 54.0 Å². The lowest BCUT2D eigenvalue weighted by Crippen LogP contribution is -2.46. The molecule has 0 aliphatic carbocycles. The van der Waals surface area contributed by atoms with Crippen LogP contribution in [-0.2, 0) is 22.8 Å². The van der Waals surface area contributed by atoms with E-state index in [1.54, 1.807) is 53.4 Å². The van der Waals surface area contributed by atoms with E-state index in [2.05, 4.69) is 10.6 Å². The first kappa shape index (κ1) is 32.2. The van der Waals surface area contributed by atoms with Crippen molar-refractivity contribution in [3.8, 4) is 5.69 Å². The second-order valence-corrected chi connectivity index (χ2v) is 13.8. The van der Waals surface area contributed by atoms with Crippen molar-refractivity contribution in [2.45, 2.75) is 43.8 Å². The maximum absolute atomic E-state index is 14.2. The number of rotatable bonds is 7. The average molecular weight is 669 g/mol. The maximum Gasteiger partial charge on any atom is 0.263 e. The fourth-order valence-electron chi connectivity index (χ4n) is 5.25. The molecule has 2 N–H and O–H groups in total. The number of carbonyl (C=O) groups is 2. The van der Waals surface area contributed by atoms with Crippen molar-refractivity contribution in [2.75, 3.05) is 18.6 Å². The molecular weight excluding hydrogens is 637 g/mol. The van der Waals surface area contributed by atoms with E-state index in [1.165, 1.54) is 29.8 Å². The Labute approximate surface area is 270 Å². The summed E-state index contributed by atoms with van der Waals surface area (Å²) >= 11 is 12.2. The summed E-state index contributed by atoms with van der Waals surface area (Å²) in [6.45, 7) is 3.82. The van der Waals surface area contributed by atoms with Gasteiger partial charge >= 0.3 is 0 Å². The first-order chi connectivity index (χ1) is 21.3. The van der Waals surface area contributed by atoms with E-state index in [4.69, 9.17) is 28.2 Å². The van der Waals surface area contributed by atoms with Gasteiger partial charge in [0.2, 0.25) is 5.95 Å². The van der Waals surface area contributed by atoms with Crippen LogP contribution in [0.5, 0.6) is 0 Å². The lowest BCUT2D eigenvalue weighted by atomic mass is 9.98. The smallest absolute Gasteiger partial charge is 0.263 e. The molecule has 2 amide bonds. The molecule has 4 aromatic rings. The van der Waals surface area contributed by atoms with Crippen LogP contribution in [0.15, 0.2) is 76.4 Å². The van der Waals surface area contributed by atoms with Gasteiger partial charge in [-0.2, -0.15) is 0 Å². The molecule has 0 unspecified atom stereocenters. The van der Waals surface area contributed by atoms with Crippen LogP contribution in [0, 0.1) is 0 Å². The second kappa shape index (κ2) is 12.7. The van der Waals surface area contributed by atoms with Crippen molar-refractivity contribution in [1.82, 2.24) is 19.8 Å². The molecule has 0 spiro atoms. The van der Waals surface area contributed by atoms with Crippen molar-refractivity contribution in [1.29, 1.82) is 0 Å². The van der Waals surface area contributed by atoms with Gasteiger partial charge < -0.3 is 15.5 Å². The van der Waals surface area contributed by atoms with Gasteiger partial charge in [-0.3, -0.25) is 14.4 Å².